The lowest BCUT2D eigenvalue weighted by Gasteiger charge is -2.12. The Morgan fingerprint density at radius 2 is 2.00 bits per heavy atom. The van der Waals surface area contributed by atoms with Crippen molar-refractivity contribution in [3.63, 3.8) is 0 Å². The van der Waals surface area contributed by atoms with Gasteiger partial charge in [0.1, 0.15) is 18.2 Å². The molecule has 2 rings (SSSR count). The van der Waals surface area contributed by atoms with Crippen LogP contribution in [0.25, 0.3) is 0 Å². The number of hydrogen-bond acceptors (Lipinski definition) is 2. The van der Waals surface area contributed by atoms with Crippen molar-refractivity contribution in [2.45, 2.75) is 46.3 Å². The highest BCUT2D eigenvalue weighted by atomic mass is 19.1. The van der Waals surface area contributed by atoms with Crippen molar-refractivity contribution in [3.05, 3.63) is 47.5 Å². The Balaban J connectivity index is 1.98. The molecule has 3 nitrogen and oxygen atoms in total. The molecule has 0 saturated carbocycles. The van der Waals surface area contributed by atoms with Crippen molar-refractivity contribution in [3.8, 4) is 5.75 Å². The second kappa shape index (κ2) is 6.55. The standard InChI is InChI=1S/C16H21FN2O/c1-4-14(5-2)19-9-8-13(18-19)11-20-15-6-7-16(17)12(3)10-15/h6-10,14H,4-5,11H2,1-3H3. The predicted octanol–water partition coefficient (Wildman–Crippen LogP) is 4.27. The van der Waals surface area contributed by atoms with Crippen LogP contribution in [0, 0.1) is 12.7 Å². The van der Waals surface area contributed by atoms with Gasteiger partial charge >= 0.3 is 0 Å². The van der Waals surface area contributed by atoms with E-state index < -0.39 is 0 Å². The molecule has 0 aliphatic rings. The molecule has 0 aliphatic heterocycles. The predicted molar refractivity (Wildman–Crippen MR) is 77.3 cm³/mol. The Kier molecular flexibility index (Phi) is 4.77. The van der Waals surface area contributed by atoms with Crippen LogP contribution in [0.4, 0.5) is 4.39 Å². The third kappa shape index (κ3) is 3.38. The summed E-state index contributed by atoms with van der Waals surface area (Å²) >= 11 is 0. The number of nitrogens with zero attached hydrogens (tertiary/aromatic N) is 2. The zero-order chi connectivity index (χ0) is 14.5. The number of benzene rings is 1. The minimum atomic E-state index is -0.213. The number of aryl methyl sites for hydroxylation is 1. The highest BCUT2D eigenvalue weighted by Gasteiger charge is 2.08. The fourth-order valence-corrected chi connectivity index (χ4v) is 2.18. The van der Waals surface area contributed by atoms with E-state index in [9.17, 15) is 4.39 Å². The summed E-state index contributed by atoms with van der Waals surface area (Å²) in [5, 5.41) is 4.52. The summed E-state index contributed by atoms with van der Waals surface area (Å²) in [5.41, 5.74) is 1.48. The van der Waals surface area contributed by atoms with E-state index in [1.165, 1.54) is 6.07 Å². The largest absolute Gasteiger partial charge is 0.487 e. The van der Waals surface area contributed by atoms with Crippen molar-refractivity contribution in [2.24, 2.45) is 0 Å². The van der Waals surface area contributed by atoms with Crippen LogP contribution in [0.5, 0.6) is 5.75 Å². The number of ether oxygens (including phenoxy) is 1. The Labute approximate surface area is 119 Å². The third-order valence-corrected chi connectivity index (χ3v) is 3.50. The van der Waals surface area contributed by atoms with E-state index in [4.69, 9.17) is 4.74 Å². The maximum Gasteiger partial charge on any atom is 0.132 e. The Morgan fingerprint density at radius 1 is 1.25 bits per heavy atom. The van der Waals surface area contributed by atoms with Gasteiger partial charge in [0.2, 0.25) is 0 Å². The summed E-state index contributed by atoms with van der Waals surface area (Å²) in [6.45, 7) is 6.45. The second-order valence-corrected chi connectivity index (χ2v) is 4.96. The van der Waals surface area contributed by atoms with Crippen molar-refractivity contribution < 1.29 is 9.13 Å². The zero-order valence-electron chi connectivity index (χ0n) is 12.3. The zero-order valence-corrected chi connectivity index (χ0v) is 12.3. The van der Waals surface area contributed by atoms with Crippen LogP contribution in [-0.2, 0) is 6.61 Å². The first-order chi connectivity index (χ1) is 9.63. The van der Waals surface area contributed by atoms with Gasteiger partial charge in [0.15, 0.2) is 0 Å². The van der Waals surface area contributed by atoms with Gasteiger partial charge in [-0.15, -0.1) is 0 Å². The van der Waals surface area contributed by atoms with E-state index in [-0.39, 0.29) is 5.82 Å². The number of halogens is 1. The summed E-state index contributed by atoms with van der Waals surface area (Å²) in [6.07, 6.45) is 4.12. The molecule has 0 atom stereocenters. The fraction of sp³-hybridized carbons (Fsp3) is 0.438. The summed E-state index contributed by atoms with van der Waals surface area (Å²) in [5.74, 6) is 0.455. The van der Waals surface area contributed by atoms with E-state index in [0.717, 1.165) is 18.5 Å². The fourth-order valence-electron chi connectivity index (χ4n) is 2.18. The molecule has 0 unspecified atom stereocenters. The van der Waals surface area contributed by atoms with Crippen molar-refractivity contribution in [1.29, 1.82) is 0 Å². The molecule has 2 aromatic rings. The molecule has 0 N–H and O–H groups in total. The van der Waals surface area contributed by atoms with E-state index in [0.29, 0.717) is 24.0 Å². The molecule has 108 valence electrons. The van der Waals surface area contributed by atoms with E-state index >= 15 is 0 Å². The van der Waals surface area contributed by atoms with Crippen molar-refractivity contribution >= 4 is 0 Å². The summed E-state index contributed by atoms with van der Waals surface area (Å²) in [4.78, 5) is 0. The molecule has 0 spiro atoms. The van der Waals surface area contributed by atoms with Crippen LogP contribution in [-0.4, -0.2) is 9.78 Å². The Hall–Kier alpha value is -1.84. The molecule has 4 heteroatoms. The van der Waals surface area contributed by atoms with Crippen LogP contribution in [0.2, 0.25) is 0 Å². The Bertz CT molecular complexity index is 561. The lowest BCUT2D eigenvalue weighted by atomic mass is 10.2. The molecule has 1 heterocycles. The summed E-state index contributed by atoms with van der Waals surface area (Å²) in [6, 6.07) is 7.17. The monoisotopic (exact) mass is 276 g/mol. The van der Waals surface area contributed by atoms with E-state index in [1.54, 1.807) is 19.1 Å². The molecule has 0 saturated heterocycles. The van der Waals surface area contributed by atoms with Gasteiger partial charge in [-0.3, -0.25) is 4.68 Å². The van der Waals surface area contributed by atoms with Crippen LogP contribution < -0.4 is 4.74 Å². The summed E-state index contributed by atoms with van der Waals surface area (Å²) < 4.78 is 20.8. The van der Waals surface area contributed by atoms with Crippen molar-refractivity contribution in [1.82, 2.24) is 9.78 Å². The SMILES string of the molecule is CCC(CC)n1ccc(COc2ccc(F)c(C)c2)n1. The number of rotatable bonds is 6. The van der Waals surface area contributed by atoms with Crippen LogP contribution in [0.1, 0.15) is 44.0 Å². The van der Waals surface area contributed by atoms with Gasteiger partial charge in [0.25, 0.3) is 0 Å². The molecule has 0 amide bonds. The van der Waals surface area contributed by atoms with Gasteiger partial charge in [0.05, 0.1) is 11.7 Å². The van der Waals surface area contributed by atoms with E-state index in [1.807, 2.05) is 16.9 Å². The molecule has 1 aromatic heterocycles. The number of aromatic nitrogens is 2. The van der Waals surface area contributed by atoms with Crippen LogP contribution in [0.15, 0.2) is 30.5 Å². The van der Waals surface area contributed by atoms with Crippen LogP contribution in [0.3, 0.4) is 0 Å². The molecule has 0 bridgehead atoms. The molecule has 1 aromatic carbocycles. The molecule has 0 aliphatic carbocycles. The number of hydrogen-bond donors (Lipinski definition) is 0. The summed E-state index contributed by atoms with van der Waals surface area (Å²) in [7, 11) is 0. The maximum absolute atomic E-state index is 13.2. The lowest BCUT2D eigenvalue weighted by molar-refractivity contribution is 0.296. The molecule has 0 fully saturated rings. The van der Waals surface area contributed by atoms with Gasteiger partial charge in [-0.25, -0.2) is 4.39 Å². The maximum atomic E-state index is 13.2. The van der Waals surface area contributed by atoms with Gasteiger partial charge in [-0.2, -0.15) is 5.10 Å². The van der Waals surface area contributed by atoms with Crippen molar-refractivity contribution in [2.75, 3.05) is 0 Å². The van der Waals surface area contributed by atoms with Gasteiger partial charge in [-0.05, 0) is 49.6 Å². The van der Waals surface area contributed by atoms with Gasteiger partial charge < -0.3 is 4.74 Å². The molecular weight excluding hydrogens is 255 g/mol. The average molecular weight is 276 g/mol. The average Bonchev–Trinajstić information content (AvgIpc) is 2.90. The van der Waals surface area contributed by atoms with E-state index in [2.05, 4.69) is 18.9 Å². The first kappa shape index (κ1) is 14.6. The Morgan fingerprint density at radius 3 is 2.65 bits per heavy atom. The first-order valence-corrected chi connectivity index (χ1v) is 7.07. The first-order valence-electron chi connectivity index (χ1n) is 7.07. The second-order valence-electron chi connectivity index (χ2n) is 4.96. The normalized spacial score (nSPS) is 11.1. The highest BCUT2D eigenvalue weighted by molar-refractivity contribution is 5.28. The minimum absolute atomic E-state index is 0.213. The molecular formula is C16H21FN2O. The minimum Gasteiger partial charge on any atom is -0.487 e. The molecule has 20 heavy (non-hydrogen) atoms. The topological polar surface area (TPSA) is 27.1 Å². The lowest BCUT2D eigenvalue weighted by Crippen LogP contribution is -2.08. The highest BCUT2D eigenvalue weighted by Crippen LogP contribution is 2.18. The third-order valence-electron chi connectivity index (χ3n) is 3.50. The molecule has 0 radical (unpaired) electrons. The smallest absolute Gasteiger partial charge is 0.132 e. The quantitative estimate of drug-likeness (QED) is 0.787. The van der Waals surface area contributed by atoms with Crippen LogP contribution >= 0.6 is 0 Å². The van der Waals surface area contributed by atoms with Gasteiger partial charge in [0, 0.05) is 6.20 Å². The van der Waals surface area contributed by atoms with Gasteiger partial charge in [-0.1, -0.05) is 13.8 Å².